The summed E-state index contributed by atoms with van der Waals surface area (Å²) in [7, 11) is -3.78. The van der Waals surface area contributed by atoms with Gasteiger partial charge in [-0.1, -0.05) is 29.8 Å². The summed E-state index contributed by atoms with van der Waals surface area (Å²) in [6.45, 7) is 1.82. The number of rotatable bonds is 3. The van der Waals surface area contributed by atoms with Gasteiger partial charge in [-0.25, -0.2) is 8.42 Å². The third-order valence-corrected chi connectivity index (χ3v) is 7.28. The van der Waals surface area contributed by atoms with E-state index in [0.29, 0.717) is 25.3 Å². The van der Waals surface area contributed by atoms with Crippen LogP contribution in [0.1, 0.15) is 15.9 Å². The largest absolute Gasteiger partial charge is 0.379 e. The van der Waals surface area contributed by atoms with E-state index in [-0.39, 0.29) is 28.9 Å². The fraction of sp³-hybridized carbons (Fsp3) is 0.316. The van der Waals surface area contributed by atoms with Crippen LogP contribution in [0.4, 0.5) is 5.69 Å². The third-order valence-electron chi connectivity index (χ3n) is 4.90. The van der Waals surface area contributed by atoms with E-state index in [4.69, 9.17) is 16.3 Å². The van der Waals surface area contributed by atoms with Gasteiger partial charge in [-0.05, 0) is 36.2 Å². The van der Waals surface area contributed by atoms with Crippen LogP contribution in [0.3, 0.4) is 0 Å². The minimum absolute atomic E-state index is 0.0376. The first-order chi connectivity index (χ1) is 13.0. The van der Waals surface area contributed by atoms with Crippen LogP contribution in [-0.4, -0.2) is 51.5 Å². The van der Waals surface area contributed by atoms with Crippen molar-refractivity contribution >= 4 is 33.2 Å². The molecular weight excluding hydrogens is 388 g/mol. The second kappa shape index (κ2) is 7.24. The lowest BCUT2D eigenvalue weighted by Gasteiger charge is -2.26. The molecule has 2 aromatic rings. The first kappa shape index (κ1) is 18.4. The molecule has 1 fully saturated rings. The van der Waals surface area contributed by atoms with Crippen molar-refractivity contribution in [1.29, 1.82) is 0 Å². The summed E-state index contributed by atoms with van der Waals surface area (Å²) >= 11 is 6.18. The van der Waals surface area contributed by atoms with E-state index in [1.54, 1.807) is 11.0 Å². The number of halogens is 1. The number of hydrogen-bond donors (Lipinski definition) is 0. The van der Waals surface area contributed by atoms with Gasteiger partial charge < -0.3 is 9.64 Å². The zero-order valence-electron chi connectivity index (χ0n) is 14.6. The van der Waals surface area contributed by atoms with Crippen molar-refractivity contribution in [1.82, 2.24) is 4.31 Å². The summed E-state index contributed by atoms with van der Waals surface area (Å²) in [5.74, 6) is -0.227. The fourth-order valence-corrected chi connectivity index (χ4v) is 5.37. The monoisotopic (exact) mass is 406 g/mol. The van der Waals surface area contributed by atoms with Gasteiger partial charge in [-0.2, -0.15) is 4.31 Å². The fourth-order valence-electron chi connectivity index (χ4n) is 3.47. The van der Waals surface area contributed by atoms with Crippen molar-refractivity contribution in [3.63, 3.8) is 0 Å². The number of amides is 1. The van der Waals surface area contributed by atoms with E-state index >= 15 is 0 Å². The number of hydrogen-bond acceptors (Lipinski definition) is 4. The first-order valence-electron chi connectivity index (χ1n) is 8.76. The predicted octanol–water partition coefficient (Wildman–Crippen LogP) is 2.56. The average Bonchev–Trinajstić information content (AvgIpc) is 3.12. The Morgan fingerprint density at radius 1 is 1.04 bits per heavy atom. The van der Waals surface area contributed by atoms with Crippen molar-refractivity contribution in [2.75, 3.05) is 37.7 Å². The summed E-state index contributed by atoms with van der Waals surface area (Å²) < 4.78 is 32.5. The normalized spacial score (nSPS) is 17.7. The van der Waals surface area contributed by atoms with E-state index in [9.17, 15) is 13.2 Å². The Hall–Kier alpha value is -1.93. The van der Waals surface area contributed by atoms with Crippen LogP contribution in [0.25, 0.3) is 0 Å². The molecule has 0 unspecified atom stereocenters. The van der Waals surface area contributed by atoms with E-state index < -0.39 is 10.0 Å². The maximum Gasteiger partial charge on any atom is 0.258 e. The molecule has 4 rings (SSSR count). The maximum atomic E-state index is 13.0. The van der Waals surface area contributed by atoms with E-state index in [1.807, 2.05) is 24.3 Å². The van der Waals surface area contributed by atoms with Crippen molar-refractivity contribution in [2.45, 2.75) is 11.3 Å². The van der Waals surface area contributed by atoms with E-state index in [2.05, 4.69) is 0 Å². The topological polar surface area (TPSA) is 66.9 Å². The highest BCUT2D eigenvalue weighted by Gasteiger charge is 2.31. The number of fused-ring (bicyclic) bond motifs is 1. The zero-order valence-corrected chi connectivity index (χ0v) is 16.2. The van der Waals surface area contributed by atoms with Crippen LogP contribution in [0.15, 0.2) is 47.4 Å². The van der Waals surface area contributed by atoms with Crippen LogP contribution in [0.2, 0.25) is 5.02 Å². The number of benzene rings is 2. The number of morpholine rings is 1. The Labute approximate surface area is 163 Å². The SMILES string of the molecule is O=C(c1ccc(Cl)c(S(=O)(=O)N2CCOCC2)c1)N1CCc2ccccc21. The van der Waals surface area contributed by atoms with Gasteiger partial charge in [0, 0.05) is 30.9 Å². The number of carbonyl (C=O) groups is 1. The molecule has 0 aliphatic carbocycles. The van der Waals surface area contributed by atoms with Crippen molar-refractivity contribution in [3.8, 4) is 0 Å². The van der Waals surface area contributed by atoms with E-state index in [1.165, 1.54) is 16.4 Å². The average molecular weight is 407 g/mol. The van der Waals surface area contributed by atoms with Gasteiger partial charge in [0.15, 0.2) is 0 Å². The predicted molar refractivity (Wildman–Crippen MR) is 103 cm³/mol. The Morgan fingerprint density at radius 3 is 2.56 bits per heavy atom. The molecule has 2 heterocycles. The molecule has 8 heteroatoms. The summed E-state index contributed by atoms with van der Waals surface area (Å²) in [5.41, 5.74) is 2.29. The quantitative estimate of drug-likeness (QED) is 0.785. The van der Waals surface area contributed by atoms with Crippen molar-refractivity contribution in [3.05, 3.63) is 58.6 Å². The summed E-state index contributed by atoms with van der Waals surface area (Å²) in [5, 5.41) is 0.111. The molecule has 0 atom stereocenters. The molecule has 27 heavy (non-hydrogen) atoms. The number of sulfonamides is 1. The lowest BCUT2D eigenvalue weighted by Crippen LogP contribution is -2.40. The van der Waals surface area contributed by atoms with E-state index in [0.717, 1.165) is 17.7 Å². The number of anilines is 1. The van der Waals surface area contributed by atoms with Crippen LogP contribution < -0.4 is 4.90 Å². The number of ether oxygens (including phenoxy) is 1. The Balaban J connectivity index is 1.68. The van der Waals surface area contributed by atoms with Gasteiger partial charge in [0.05, 0.1) is 18.2 Å². The molecule has 0 spiro atoms. The first-order valence-corrected chi connectivity index (χ1v) is 10.6. The Kier molecular flexibility index (Phi) is 4.94. The van der Waals surface area contributed by atoms with Gasteiger partial charge >= 0.3 is 0 Å². The van der Waals surface area contributed by atoms with Crippen molar-refractivity contribution in [2.24, 2.45) is 0 Å². The van der Waals surface area contributed by atoms with Gasteiger partial charge in [0.25, 0.3) is 5.91 Å². The third kappa shape index (κ3) is 3.36. The molecule has 6 nitrogen and oxygen atoms in total. The Bertz CT molecular complexity index is 987. The zero-order chi connectivity index (χ0) is 19.0. The number of nitrogens with zero attached hydrogens (tertiary/aromatic N) is 2. The minimum atomic E-state index is -3.78. The molecule has 0 saturated carbocycles. The highest BCUT2D eigenvalue weighted by Crippen LogP contribution is 2.31. The molecule has 0 aromatic heterocycles. The summed E-state index contributed by atoms with van der Waals surface area (Å²) in [6, 6.07) is 12.2. The second-order valence-corrected chi connectivity index (χ2v) is 8.81. The van der Waals surface area contributed by atoms with Crippen LogP contribution in [0.5, 0.6) is 0 Å². The highest BCUT2D eigenvalue weighted by molar-refractivity contribution is 7.89. The molecule has 142 valence electrons. The number of carbonyl (C=O) groups excluding carboxylic acids is 1. The molecule has 2 aromatic carbocycles. The molecule has 2 aliphatic rings. The second-order valence-electron chi connectivity index (χ2n) is 6.50. The molecule has 2 aliphatic heterocycles. The standard InChI is InChI=1S/C19H19ClN2O4S/c20-16-6-5-15(13-18(16)27(24,25)21-9-11-26-12-10-21)19(23)22-8-7-14-3-1-2-4-17(14)22/h1-6,13H,7-12H2. The molecule has 1 saturated heterocycles. The van der Waals surface area contributed by atoms with Crippen LogP contribution in [0, 0.1) is 0 Å². The van der Waals surface area contributed by atoms with Gasteiger partial charge in [-0.3, -0.25) is 4.79 Å². The highest BCUT2D eigenvalue weighted by atomic mass is 35.5. The van der Waals surface area contributed by atoms with Crippen molar-refractivity contribution < 1.29 is 17.9 Å². The minimum Gasteiger partial charge on any atom is -0.379 e. The van der Waals surface area contributed by atoms with Gasteiger partial charge in [0.1, 0.15) is 4.90 Å². The lowest BCUT2D eigenvalue weighted by molar-refractivity contribution is 0.0730. The van der Waals surface area contributed by atoms with Crippen LogP contribution in [-0.2, 0) is 21.2 Å². The van der Waals surface area contributed by atoms with Gasteiger partial charge in [-0.15, -0.1) is 0 Å². The maximum absolute atomic E-state index is 13.0. The smallest absolute Gasteiger partial charge is 0.258 e. The number of para-hydroxylation sites is 1. The molecule has 0 radical (unpaired) electrons. The van der Waals surface area contributed by atoms with Crippen LogP contribution >= 0.6 is 11.6 Å². The van der Waals surface area contributed by atoms with Gasteiger partial charge in [0.2, 0.25) is 10.0 Å². The lowest BCUT2D eigenvalue weighted by atomic mass is 10.1. The summed E-state index contributed by atoms with van der Waals surface area (Å²) in [4.78, 5) is 14.7. The molecule has 1 amide bonds. The Morgan fingerprint density at radius 2 is 1.78 bits per heavy atom. The summed E-state index contributed by atoms with van der Waals surface area (Å²) in [6.07, 6.45) is 0.786. The molecule has 0 N–H and O–H groups in total. The molecule has 0 bridgehead atoms. The molecular formula is C19H19ClN2O4S.